The van der Waals surface area contributed by atoms with Crippen molar-refractivity contribution in [3.63, 3.8) is 0 Å². The quantitative estimate of drug-likeness (QED) is 0.730. The van der Waals surface area contributed by atoms with E-state index in [1.807, 2.05) is 24.3 Å². The Morgan fingerprint density at radius 1 is 1.33 bits per heavy atom. The molecule has 0 aromatic heterocycles. The van der Waals surface area contributed by atoms with Crippen molar-refractivity contribution >= 4 is 11.6 Å². The maximum Gasteiger partial charge on any atom is 0.0406 e. The number of hydroxylamine groups is 2. The van der Waals surface area contributed by atoms with Gasteiger partial charge >= 0.3 is 0 Å². The van der Waals surface area contributed by atoms with Gasteiger partial charge < -0.3 is 5.21 Å². The van der Waals surface area contributed by atoms with Crippen LogP contribution in [0.15, 0.2) is 24.3 Å². The van der Waals surface area contributed by atoms with Gasteiger partial charge in [-0.05, 0) is 24.1 Å². The zero-order valence-electron chi connectivity index (χ0n) is 7.00. The number of nitrogens with zero attached hydrogens (tertiary/aromatic N) is 1. The van der Waals surface area contributed by atoms with Crippen molar-refractivity contribution in [2.75, 3.05) is 13.6 Å². The Morgan fingerprint density at radius 2 is 1.92 bits per heavy atom. The van der Waals surface area contributed by atoms with E-state index in [-0.39, 0.29) is 0 Å². The minimum absolute atomic E-state index is 0.641. The summed E-state index contributed by atoms with van der Waals surface area (Å²) in [6.45, 7) is 0.641. The molecule has 1 aromatic rings. The van der Waals surface area contributed by atoms with E-state index >= 15 is 0 Å². The number of likely N-dealkylation sites (N-methyl/N-ethyl adjacent to an activating group) is 1. The molecule has 0 unspecified atom stereocenters. The molecule has 0 radical (unpaired) electrons. The predicted octanol–water partition coefficient (Wildman–Crippen LogP) is 2.20. The molecule has 12 heavy (non-hydrogen) atoms. The number of halogens is 1. The zero-order valence-corrected chi connectivity index (χ0v) is 7.75. The normalized spacial score (nSPS) is 10.7. The van der Waals surface area contributed by atoms with Gasteiger partial charge in [-0.25, -0.2) is 0 Å². The molecule has 1 rings (SSSR count). The summed E-state index contributed by atoms with van der Waals surface area (Å²) in [5.74, 6) is 0. The fourth-order valence-corrected chi connectivity index (χ4v) is 1.07. The van der Waals surface area contributed by atoms with Crippen LogP contribution in [0.25, 0.3) is 0 Å². The second-order valence-electron chi connectivity index (χ2n) is 2.76. The summed E-state index contributed by atoms with van der Waals surface area (Å²) < 4.78 is 0. The van der Waals surface area contributed by atoms with E-state index in [1.54, 1.807) is 7.05 Å². The first kappa shape index (κ1) is 9.52. The first-order valence-electron chi connectivity index (χ1n) is 3.83. The van der Waals surface area contributed by atoms with Crippen LogP contribution in [0.1, 0.15) is 5.56 Å². The standard InChI is InChI=1S/C9H12ClNO/c1-11(12)7-6-8-2-4-9(10)5-3-8/h2-5,12H,6-7H2,1H3. The Kier molecular flexibility index (Phi) is 3.53. The molecule has 0 saturated carbocycles. The summed E-state index contributed by atoms with van der Waals surface area (Å²) >= 11 is 5.71. The van der Waals surface area contributed by atoms with Crippen molar-refractivity contribution in [2.45, 2.75) is 6.42 Å². The highest BCUT2D eigenvalue weighted by molar-refractivity contribution is 6.30. The second kappa shape index (κ2) is 4.45. The molecule has 3 heteroatoms. The molecule has 0 aliphatic heterocycles. The van der Waals surface area contributed by atoms with Gasteiger partial charge in [-0.3, -0.25) is 0 Å². The summed E-state index contributed by atoms with van der Waals surface area (Å²) in [5, 5.41) is 10.8. The third kappa shape index (κ3) is 3.22. The Balaban J connectivity index is 2.48. The van der Waals surface area contributed by atoms with Crippen molar-refractivity contribution in [1.82, 2.24) is 5.06 Å². The number of rotatable bonds is 3. The molecule has 0 heterocycles. The lowest BCUT2D eigenvalue weighted by Gasteiger charge is -2.07. The van der Waals surface area contributed by atoms with Crippen LogP contribution in [0.4, 0.5) is 0 Å². The smallest absolute Gasteiger partial charge is 0.0406 e. The summed E-state index contributed by atoms with van der Waals surface area (Å²) in [6, 6.07) is 7.64. The lowest BCUT2D eigenvalue weighted by Crippen LogP contribution is -2.15. The van der Waals surface area contributed by atoms with E-state index < -0.39 is 0 Å². The van der Waals surface area contributed by atoms with Crippen LogP contribution in [-0.2, 0) is 6.42 Å². The minimum Gasteiger partial charge on any atom is -0.314 e. The second-order valence-corrected chi connectivity index (χ2v) is 3.19. The molecule has 0 fully saturated rings. The fourth-order valence-electron chi connectivity index (χ4n) is 0.942. The Hall–Kier alpha value is -0.570. The summed E-state index contributed by atoms with van der Waals surface area (Å²) in [6.07, 6.45) is 0.837. The van der Waals surface area contributed by atoms with Crippen LogP contribution in [0.2, 0.25) is 5.02 Å². The van der Waals surface area contributed by atoms with Gasteiger partial charge in [-0.2, -0.15) is 5.06 Å². The summed E-state index contributed by atoms with van der Waals surface area (Å²) in [5.41, 5.74) is 1.18. The molecule has 66 valence electrons. The third-order valence-corrected chi connectivity index (χ3v) is 1.89. The molecule has 0 spiro atoms. The zero-order chi connectivity index (χ0) is 8.97. The summed E-state index contributed by atoms with van der Waals surface area (Å²) in [4.78, 5) is 0. The van der Waals surface area contributed by atoms with Crippen molar-refractivity contribution in [3.05, 3.63) is 34.9 Å². The highest BCUT2D eigenvalue weighted by Gasteiger charge is 1.95. The van der Waals surface area contributed by atoms with Crippen molar-refractivity contribution < 1.29 is 5.21 Å². The molecule has 0 bridgehead atoms. The van der Waals surface area contributed by atoms with Gasteiger partial charge in [0.25, 0.3) is 0 Å². The highest BCUT2D eigenvalue weighted by atomic mass is 35.5. The topological polar surface area (TPSA) is 23.5 Å². The molecule has 0 atom stereocenters. The van der Waals surface area contributed by atoms with Gasteiger partial charge in [-0.15, -0.1) is 0 Å². The number of benzene rings is 1. The van der Waals surface area contributed by atoms with Crippen molar-refractivity contribution in [1.29, 1.82) is 0 Å². The van der Waals surface area contributed by atoms with Gasteiger partial charge in [0.1, 0.15) is 0 Å². The van der Waals surface area contributed by atoms with Gasteiger partial charge in [0, 0.05) is 18.6 Å². The van der Waals surface area contributed by atoms with E-state index in [0.717, 1.165) is 11.4 Å². The minimum atomic E-state index is 0.641. The first-order chi connectivity index (χ1) is 5.68. The third-order valence-electron chi connectivity index (χ3n) is 1.64. The van der Waals surface area contributed by atoms with Crippen LogP contribution in [0.5, 0.6) is 0 Å². The van der Waals surface area contributed by atoms with E-state index in [4.69, 9.17) is 16.8 Å². The molecule has 1 N–H and O–H groups in total. The van der Waals surface area contributed by atoms with Crippen LogP contribution >= 0.6 is 11.6 Å². The molecule has 0 aliphatic carbocycles. The van der Waals surface area contributed by atoms with Crippen molar-refractivity contribution in [2.24, 2.45) is 0 Å². The number of hydrogen-bond donors (Lipinski definition) is 1. The van der Waals surface area contributed by atoms with E-state index in [9.17, 15) is 0 Å². The molecule has 0 saturated heterocycles. The molecule has 0 amide bonds. The van der Waals surface area contributed by atoms with Gasteiger partial charge in [0.2, 0.25) is 0 Å². The predicted molar refractivity (Wildman–Crippen MR) is 49.6 cm³/mol. The average molecular weight is 186 g/mol. The lowest BCUT2D eigenvalue weighted by atomic mass is 10.1. The fraction of sp³-hybridized carbons (Fsp3) is 0.333. The van der Waals surface area contributed by atoms with Gasteiger partial charge in [0.15, 0.2) is 0 Å². The van der Waals surface area contributed by atoms with Crippen LogP contribution in [-0.4, -0.2) is 23.9 Å². The maximum atomic E-state index is 8.88. The van der Waals surface area contributed by atoms with E-state index in [2.05, 4.69) is 0 Å². The van der Waals surface area contributed by atoms with Crippen LogP contribution < -0.4 is 0 Å². The molecule has 2 nitrogen and oxygen atoms in total. The molecular weight excluding hydrogens is 174 g/mol. The monoisotopic (exact) mass is 185 g/mol. The van der Waals surface area contributed by atoms with Gasteiger partial charge in [-0.1, -0.05) is 23.7 Å². The summed E-state index contributed by atoms with van der Waals surface area (Å²) in [7, 11) is 1.63. The Labute approximate surface area is 77.3 Å². The van der Waals surface area contributed by atoms with E-state index in [1.165, 1.54) is 10.6 Å². The van der Waals surface area contributed by atoms with Crippen molar-refractivity contribution in [3.8, 4) is 0 Å². The average Bonchev–Trinajstić information content (AvgIpc) is 2.03. The number of hydrogen-bond acceptors (Lipinski definition) is 2. The highest BCUT2D eigenvalue weighted by Crippen LogP contribution is 2.09. The largest absolute Gasteiger partial charge is 0.314 e. The van der Waals surface area contributed by atoms with Crippen LogP contribution in [0.3, 0.4) is 0 Å². The molecular formula is C9H12ClNO. The molecule has 0 aliphatic rings. The first-order valence-corrected chi connectivity index (χ1v) is 4.21. The SMILES string of the molecule is CN(O)CCc1ccc(Cl)cc1. The van der Waals surface area contributed by atoms with Crippen LogP contribution in [0, 0.1) is 0 Å². The molecule has 1 aromatic carbocycles. The van der Waals surface area contributed by atoms with Gasteiger partial charge in [0.05, 0.1) is 0 Å². The lowest BCUT2D eigenvalue weighted by molar-refractivity contribution is -0.0634. The maximum absolute atomic E-state index is 8.88. The van der Waals surface area contributed by atoms with E-state index in [0.29, 0.717) is 6.54 Å². The Morgan fingerprint density at radius 3 is 2.42 bits per heavy atom. The Bertz CT molecular complexity index is 233.